The number of rotatable bonds is 2. The quantitative estimate of drug-likeness (QED) is 0.522. The van der Waals surface area contributed by atoms with Gasteiger partial charge in [-0.2, -0.15) is 0 Å². The average molecular weight is 114 g/mol. The molecule has 1 amide bonds. The summed E-state index contributed by atoms with van der Waals surface area (Å²) < 4.78 is 0. The third kappa shape index (κ3) is 3.21. The van der Waals surface area contributed by atoms with Crippen molar-refractivity contribution in [3.63, 3.8) is 0 Å². The van der Waals surface area contributed by atoms with E-state index in [2.05, 4.69) is 17.2 Å². The molecule has 0 radical (unpaired) electrons. The molecule has 0 aromatic rings. The Kier molecular flexibility index (Phi) is 2.69. The third-order valence-electron chi connectivity index (χ3n) is 0.629. The molecule has 8 heavy (non-hydrogen) atoms. The molecular weight excluding hydrogens is 104 g/mol. The normalized spacial score (nSPS) is 7.75. The number of hydrogen-bond donors (Lipinski definition) is 2. The maximum Gasteiger partial charge on any atom is 0.222 e. The fourth-order valence-corrected chi connectivity index (χ4v) is 0.275. The van der Waals surface area contributed by atoms with Crippen LogP contribution in [0.2, 0.25) is 0 Å². The Morgan fingerprint density at radius 1 is 1.62 bits per heavy atom. The van der Waals surface area contributed by atoms with E-state index >= 15 is 0 Å². The molecule has 0 aliphatic carbocycles. The van der Waals surface area contributed by atoms with Gasteiger partial charge in [0.25, 0.3) is 0 Å². The van der Waals surface area contributed by atoms with E-state index in [-0.39, 0.29) is 5.91 Å². The van der Waals surface area contributed by atoms with E-state index in [0.29, 0.717) is 5.82 Å². The molecule has 0 rings (SSSR count). The highest BCUT2D eigenvalue weighted by atomic mass is 16.1. The van der Waals surface area contributed by atoms with Crippen LogP contribution in [0.5, 0.6) is 0 Å². The minimum absolute atomic E-state index is 0.107. The van der Waals surface area contributed by atoms with Crippen molar-refractivity contribution in [3.05, 3.63) is 12.4 Å². The van der Waals surface area contributed by atoms with Gasteiger partial charge in [-0.3, -0.25) is 4.79 Å². The zero-order valence-electron chi connectivity index (χ0n) is 5.12. The summed E-state index contributed by atoms with van der Waals surface area (Å²) in [6, 6.07) is 0. The Morgan fingerprint density at radius 3 is 2.25 bits per heavy atom. The molecule has 3 heteroatoms. The van der Waals surface area contributed by atoms with Gasteiger partial charge in [0.1, 0.15) is 0 Å². The Balaban J connectivity index is 3.40. The van der Waals surface area contributed by atoms with Crippen LogP contribution in [0.4, 0.5) is 0 Å². The highest BCUT2D eigenvalue weighted by Crippen LogP contribution is 1.70. The van der Waals surface area contributed by atoms with Crippen molar-refractivity contribution in [2.75, 3.05) is 7.05 Å². The van der Waals surface area contributed by atoms with E-state index < -0.39 is 0 Å². The topological polar surface area (TPSA) is 41.1 Å². The van der Waals surface area contributed by atoms with Gasteiger partial charge < -0.3 is 10.6 Å². The maximum atomic E-state index is 10.2. The van der Waals surface area contributed by atoms with Crippen molar-refractivity contribution >= 4 is 5.91 Å². The second-order valence-electron chi connectivity index (χ2n) is 1.41. The summed E-state index contributed by atoms with van der Waals surface area (Å²) in [5, 5.41) is 5.12. The fourth-order valence-electron chi connectivity index (χ4n) is 0.275. The van der Waals surface area contributed by atoms with Gasteiger partial charge in [-0.05, 0) is 0 Å². The first kappa shape index (κ1) is 7.01. The van der Waals surface area contributed by atoms with Gasteiger partial charge in [-0.25, -0.2) is 0 Å². The van der Waals surface area contributed by atoms with Gasteiger partial charge in [-0.15, -0.1) is 0 Å². The summed E-state index contributed by atoms with van der Waals surface area (Å²) in [5.41, 5.74) is 0. The number of hydrogen-bond acceptors (Lipinski definition) is 2. The monoisotopic (exact) mass is 114 g/mol. The molecule has 0 aromatic heterocycles. The van der Waals surface area contributed by atoms with Crippen molar-refractivity contribution in [1.29, 1.82) is 0 Å². The first-order valence-corrected chi connectivity index (χ1v) is 2.31. The van der Waals surface area contributed by atoms with Gasteiger partial charge in [0.2, 0.25) is 5.91 Å². The molecule has 2 N–H and O–H groups in total. The van der Waals surface area contributed by atoms with E-state index in [1.807, 2.05) is 0 Å². The van der Waals surface area contributed by atoms with Crippen molar-refractivity contribution in [2.24, 2.45) is 0 Å². The summed E-state index contributed by atoms with van der Waals surface area (Å²) in [5.74, 6) is 0.418. The number of nitrogens with one attached hydrogen (secondary N) is 2. The third-order valence-corrected chi connectivity index (χ3v) is 0.629. The predicted octanol–water partition coefficient (Wildman–Crippen LogP) is -0.187. The van der Waals surface area contributed by atoms with Crippen LogP contribution in [-0.4, -0.2) is 13.0 Å². The van der Waals surface area contributed by atoms with Crippen LogP contribution in [0.25, 0.3) is 0 Å². The fraction of sp³-hybridized carbons (Fsp3) is 0.400. The minimum atomic E-state index is -0.107. The molecule has 0 aromatic carbocycles. The summed E-state index contributed by atoms with van der Waals surface area (Å²) in [7, 11) is 1.69. The molecule has 0 saturated carbocycles. The molecule has 3 nitrogen and oxygen atoms in total. The van der Waals surface area contributed by atoms with Crippen LogP contribution in [0.15, 0.2) is 12.4 Å². The Bertz CT molecular complexity index is 109. The first-order valence-electron chi connectivity index (χ1n) is 2.31. The van der Waals surface area contributed by atoms with Gasteiger partial charge >= 0.3 is 0 Å². The SMILES string of the molecule is C=C(NC)NC(C)=O. The lowest BCUT2D eigenvalue weighted by atomic mass is 10.6. The Hall–Kier alpha value is -0.990. The van der Waals surface area contributed by atoms with Crippen molar-refractivity contribution < 1.29 is 4.79 Å². The number of carbonyl (C=O) groups excluding carboxylic acids is 1. The van der Waals surface area contributed by atoms with E-state index in [9.17, 15) is 4.79 Å². The van der Waals surface area contributed by atoms with Crippen LogP contribution in [-0.2, 0) is 4.79 Å². The van der Waals surface area contributed by atoms with E-state index in [0.717, 1.165) is 0 Å². The second kappa shape index (κ2) is 3.07. The molecule has 46 valence electrons. The van der Waals surface area contributed by atoms with Gasteiger partial charge in [0, 0.05) is 14.0 Å². The average Bonchev–Trinajstić information content (AvgIpc) is 1.65. The first-order chi connectivity index (χ1) is 3.66. The lowest BCUT2D eigenvalue weighted by Gasteiger charge is -2.01. The Labute approximate surface area is 48.8 Å². The molecule has 0 spiro atoms. The van der Waals surface area contributed by atoms with Crippen molar-refractivity contribution in [1.82, 2.24) is 10.6 Å². The number of carbonyl (C=O) groups is 1. The largest absolute Gasteiger partial charge is 0.375 e. The predicted molar refractivity (Wildman–Crippen MR) is 32.0 cm³/mol. The summed E-state index contributed by atoms with van der Waals surface area (Å²) >= 11 is 0. The van der Waals surface area contributed by atoms with Gasteiger partial charge in [0.15, 0.2) is 0 Å². The summed E-state index contributed by atoms with van der Waals surface area (Å²) in [6.45, 7) is 4.90. The zero-order valence-corrected chi connectivity index (χ0v) is 5.12. The zero-order chi connectivity index (χ0) is 6.57. The standard InChI is InChI=1S/C5H10N2O/c1-4(6-3)7-5(2)8/h6H,1H2,2-3H3,(H,7,8). The lowest BCUT2D eigenvalue weighted by Crippen LogP contribution is -2.26. The highest BCUT2D eigenvalue weighted by molar-refractivity contribution is 5.74. The van der Waals surface area contributed by atoms with Crippen molar-refractivity contribution in [3.8, 4) is 0 Å². The molecule has 0 aliphatic heterocycles. The van der Waals surface area contributed by atoms with Crippen molar-refractivity contribution in [2.45, 2.75) is 6.92 Å². The maximum absolute atomic E-state index is 10.2. The van der Waals surface area contributed by atoms with Gasteiger partial charge in [0.05, 0.1) is 5.82 Å². The van der Waals surface area contributed by atoms with Crippen LogP contribution >= 0.6 is 0 Å². The molecule has 0 atom stereocenters. The number of amides is 1. The molecular formula is C5H10N2O. The van der Waals surface area contributed by atoms with Gasteiger partial charge in [-0.1, -0.05) is 6.58 Å². The highest BCUT2D eigenvalue weighted by Gasteiger charge is 1.88. The molecule has 0 fully saturated rings. The summed E-state index contributed by atoms with van der Waals surface area (Å²) in [4.78, 5) is 10.2. The second-order valence-corrected chi connectivity index (χ2v) is 1.41. The summed E-state index contributed by atoms with van der Waals surface area (Å²) in [6.07, 6.45) is 0. The van der Waals surface area contributed by atoms with E-state index in [1.165, 1.54) is 6.92 Å². The molecule has 0 unspecified atom stereocenters. The smallest absolute Gasteiger partial charge is 0.222 e. The Morgan fingerprint density at radius 2 is 2.12 bits per heavy atom. The lowest BCUT2D eigenvalue weighted by molar-refractivity contribution is -0.118. The molecule has 0 aliphatic rings. The van der Waals surface area contributed by atoms with Crippen LogP contribution in [0.1, 0.15) is 6.92 Å². The van der Waals surface area contributed by atoms with E-state index in [1.54, 1.807) is 7.05 Å². The molecule has 0 heterocycles. The van der Waals surface area contributed by atoms with E-state index in [4.69, 9.17) is 0 Å². The van der Waals surface area contributed by atoms with Crippen LogP contribution in [0.3, 0.4) is 0 Å². The molecule has 0 bridgehead atoms. The van der Waals surface area contributed by atoms with Crippen LogP contribution in [0, 0.1) is 0 Å². The minimum Gasteiger partial charge on any atom is -0.375 e. The molecule has 0 saturated heterocycles. The van der Waals surface area contributed by atoms with Crippen LogP contribution < -0.4 is 10.6 Å².